The molecule has 0 aliphatic heterocycles. The fourth-order valence-electron chi connectivity index (χ4n) is 4.64. The first-order valence-corrected chi connectivity index (χ1v) is 17.0. The fourth-order valence-corrected chi connectivity index (χ4v) is 5.58. The highest BCUT2D eigenvalue weighted by Crippen LogP contribution is 2.32. The van der Waals surface area contributed by atoms with Gasteiger partial charge in [-0.25, -0.2) is 0 Å². The molecule has 0 aromatic heterocycles. The monoisotopic (exact) mass is 638 g/mol. The maximum absolute atomic E-state index is 12.7. The molecule has 0 fully saturated rings. The van der Waals surface area contributed by atoms with Gasteiger partial charge in [0.1, 0.15) is 18.1 Å². The van der Waals surface area contributed by atoms with Crippen LogP contribution in [0.15, 0.2) is 126 Å². The lowest BCUT2D eigenvalue weighted by molar-refractivity contribution is 0.288. The maximum atomic E-state index is 12.7. The molecule has 0 aliphatic rings. The lowest BCUT2D eigenvalue weighted by atomic mass is 10.1. The van der Waals surface area contributed by atoms with Gasteiger partial charge in [0.05, 0.1) is 0 Å². The van der Waals surface area contributed by atoms with Gasteiger partial charge in [-0.15, -0.1) is 0 Å². The number of rotatable bonds is 13. The lowest BCUT2D eigenvalue weighted by Gasteiger charge is -2.14. The van der Waals surface area contributed by atoms with E-state index in [1.54, 1.807) is 36.4 Å². The van der Waals surface area contributed by atoms with Crippen LogP contribution in [0.2, 0.25) is 0 Å². The van der Waals surface area contributed by atoms with E-state index in [1.165, 1.54) is 5.56 Å². The summed E-state index contributed by atoms with van der Waals surface area (Å²) in [4.78, 5) is 0.116. The topological polar surface area (TPSA) is 82.1 Å². The van der Waals surface area contributed by atoms with Gasteiger partial charge in [0, 0.05) is 0 Å². The summed E-state index contributed by atoms with van der Waals surface area (Å²) < 4.78 is 42.4. The largest absolute Gasteiger partial charge is 0.504 e. The SMILES string of the molecule is CCCc1ccc(O)c(OCc2ccccc2)c1.CCCc1ccc(OS(=O)(=O)c2ccc(C)cc2)c(OCc2ccccc2)c1. The summed E-state index contributed by atoms with van der Waals surface area (Å²) in [6.07, 6.45) is 3.96. The van der Waals surface area contributed by atoms with Crippen molar-refractivity contribution in [3.63, 3.8) is 0 Å². The Morgan fingerprint density at radius 2 is 1.07 bits per heavy atom. The molecule has 0 saturated heterocycles. The summed E-state index contributed by atoms with van der Waals surface area (Å²) in [5.41, 5.74) is 5.34. The zero-order valence-corrected chi connectivity index (χ0v) is 27.5. The number of hydrogen-bond acceptors (Lipinski definition) is 6. The molecule has 5 aromatic rings. The lowest BCUT2D eigenvalue weighted by Crippen LogP contribution is -2.11. The molecule has 0 atom stereocenters. The molecule has 0 heterocycles. The van der Waals surface area contributed by atoms with E-state index in [0.29, 0.717) is 24.7 Å². The van der Waals surface area contributed by atoms with Crippen molar-refractivity contribution in [2.45, 2.75) is 64.6 Å². The molecular formula is C39H42O6S. The van der Waals surface area contributed by atoms with Crippen LogP contribution in [-0.2, 0) is 36.2 Å². The quantitative estimate of drug-likeness (QED) is 0.130. The van der Waals surface area contributed by atoms with Crippen LogP contribution in [-0.4, -0.2) is 13.5 Å². The van der Waals surface area contributed by atoms with Crippen molar-refractivity contribution < 1.29 is 27.2 Å². The van der Waals surface area contributed by atoms with Crippen molar-refractivity contribution >= 4 is 10.1 Å². The van der Waals surface area contributed by atoms with Crippen molar-refractivity contribution in [3.8, 4) is 23.0 Å². The molecule has 6 nitrogen and oxygen atoms in total. The van der Waals surface area contributed by atoms with Gasteiger partial charge in [-0.3, -0.25) is 0 Å². The smallest absolute Gasteiger partial charge is 0.339 e. The predicted molar refractivity (Wildman–Crippen MR) is 183 cm³/mol. The molecule has 0 radical (unpaired) electrons. The van der Waals surface area contributed by atoms with Crippen molar-refractivity contribution in [1.82, 2.24) is 0 Å². The van der Waals surface area contributed by atoms with Gasteiger partial charge >= 0.3 is 10.1 Å². The van der Waals surface area contributed by atoms with Crippen molar-refractivity contribution in [2.75, 3.05) is 0 Å². The van der Waals surface area contributed by atoms with Crippen LogP contribution in [0.4, 0.5) is 0 Å². The number of aryl methyl sites for hydroxylation is 3. The van der Waals surface area contributed by atoms with Crippen LogP contribution in [0.1, 0.15) is 54.5 Å². The molecule has 240 valence electrons. The van der Waals surface area contributed by atoms with E-state index in [4.69, 9.17) is 13.7 Å². The van der Waals surface area contributed by atoms with Gasteiger partial charge in [-0.1, -0.05) is 117 Å². The first-order valence-electron chi connectivity index (χ1n) is 15.6. The summed E-state index contributed by atoms with van der Waals surface area (Å²) in [5, 5.41) is 9.76. The molecule has 7 heteroatoms. The average Bonchev–Trinajstić information content (AvgIpc) is 3.06. The fraction of sp³-hybridized carbons (Fsp3) is 0.231. The van der Waals surface area contributed by atoms with E-state index >= 15 is 0 Å². The van der Waals surface area contributed by atoms with E-state index in [0.717, 1.165) is 47.9 Å². The van der Waals surface area contributed by atoms with E-state index in [2.05, 4.69) is 13.8 Å². The van der Waals surface area contributed by atoms with E-state index in [1.807, 2.05) is 91.9 Å². The summed E-state index contributed by atoms with van der Waals surface area (Å²) in [7, 11) is -3.94. The Bertz CT molecular complexity index is 1750. The average molecular weight is 639 g/mol. The molecule has 0 saturated carbocycles. The van der Waals surface area contributed by atoms with E-state index < -0.39 is 10.1 Å². The zero-order chi connectivity index (χ0) is 32.8. The van der Waals surface area contributed by atoms with Gasteiger partial charge in [0.2, 0.25) is 0 Å². The van der Waals surface area contributed by atoms with Gasteiger partial charge < -0.3 is 18.8 Å². The molecular weight excluding hydrogens is 596 g/mol. The Hall–Kier alpha value is -4.75. The minimum atomic E-state index is -3.94. The van der Waals surface area contributed by atoms with Crippen LogP contribution in [0.3, 0.4) is 0 Å². The van der Waals surface area contributed by atoms with E-state index in [9.17, 15) is 13.5 Å². The zero-order valence-electron chi connectivity index (χ0n) is 26.7. The normalized spacial score (nSPS) is 10.8. The van der Waals surface area contributed by atoms with Crippen LogP contribution in [0.25, 0.3) is 0 Å². The van der Waals surface area contributed by atoms with E-state index in [-0.39, 0.29) is 16.4 Å². The van der Waals surface area contributed by atoms with Crippen LogP contribution in [0, 0.1) is 6.92 Å². The Morgan fingerprint density at radius 3 is 1.61 bits per heavy atom. The minimum absolute atomic E-state index is 0.116. The summed E-state index contributed by atoms with van der Waals surface area (Å²) in [6, 6.07) is 37.2. The molecule has 0 unspecified atom stereocenters. The van der Waals surface area contributed by atoms with Gasteiger partial charge in [-0.05, 0) is 78.4 Å². The van der Waals surface area contributed by atoms with Crippen molar-refractivity contribution in [2.24, 2.45) is 0 Å². The number of hydrogen-bond donors (Lipinski definition) is 1. The third kappa shape index (κ3) is 10.4. The van der Waals surface area contributed by atoms with Gasteiger partial charge in [0.15, 0.2) is 23.0 Å². The number of phenols is 1. The highest BCUT2D eigenvalue weighted by atomic mass is 32.2. The molecule has 0 amide bonds. The molecule has 0 spiro atoms. The summed E-state index contributed by atoms with van der Waals surface area (Å²) in [6.45, 7) is 6.94. The maximum Gasteiger partial charge on any atom is 0.339 e. The summed E-state index contributed by atoms with van der Waals surface area (Å²) >= 11 is 0. The second-order valence-electron chi connectivity index (χ2n) is 11.0. The van der Waals surface area contributed by atoms with Crippen molar-refractivity contribution in [3.05, 3.63) is 149 Å². The first kappa shape index (κ1) is 34.1. The third-order valence-corrected chi connectivity index (χ3v) is 8.34. The number of phenolic OH excluding ortho intramolecular Hbond substituents is 1. The molecule has 0 bridgehead atoms. The van der Waals surface area contributed by atoms with Crippen molar-refractivity contribution in [1.29, 1.82) is 0 Å². The highest BCUT2D eigenvalue weighted by molar-refractivity contribution is 7.87. The Kier molecular flexibility index (Phi) is 12.7. The van der Waals surface area contributed by atoms with Crippen LogP contribution < -0.4 is 13.7 Å². The standard InChI is InChI=1S/C23H24O4S.C16H18O2/c1-3-7-19-12-15-22(23(16-19)26-17-20-8-5-4-6-9-20)27-28(24,25)21-13-10-18(2)11-14-21;1-2-6-13-9-10-15(17)16(11-13)18-12-14-7-4-3-5-8-14/h4-6,8-16H,3,7,17H2,1-2H3;3-5,7-11,17H,2,6,12H2,1H3. The molecule has 46 heavy (non-hydrogen) atoms. The molecule has 0 aliphatic carbocycles. The molecule has 5 rings (SSSR count). The highest BCUT2D eigenvalue weighted by Gasteiger charge is 2.19. The molecule has 5 aromatic carbocycles. The van der Waals surface area contributed by atoms with Gasteiger partial charge in [-0.2, -0.15) is 8.42 Å². The number of aromatic hydroxyl groups is 1. The number of ether oxygens (including phenoxy) is 2. The van der Waals surface area contributed by atoms with Crippen LogP contribution >= 0.6 is 0 Å². The third-order valence-electron chi connectivity index (χ3n) is 7.09. The summed E-state index contributed by atoms with van der Waals surface area (Å²) in [5.74, 6) is 1.37. The number of benzene rings is 5. The Balaban J connectivity index is 0.000000230. The second kappa shape index (κ2) is 17.1. The Morgan fingerprint density at radius 1 is 0.565 bits per heavy atom. The predicted octanol–water partition coefficient (Wildman–Crippen LogP) is 9.22. The molecule has 1 N–H and O–H groups in total. The Labute approximate surface area is 273 Å². The minimum Gasteiger partial charge on any atom is -0.504 e. The first-order chi connectivity index (χ1) is 22.3. The van der Waals surface area contributed by atoms with Gasteiger partial charge in [0.25, 0.3) is 0 Å². The van der Waals surface area contributed by atoms with Crippen LogP contribution in [0.5, 0.6) is 23.0 Å². The second-order valence-corrected chi connectivity index (χ2v) is 12.5.